The summed E-state index contributed by atoms with van der Waals surface area (Å²) in [6, 6.07) is 10.3. The summed E-state index contributed by atoms with van der Waals surface area (Å²) < 4.78 is 40.3. The third-order valence-corrected chi connectivity index (χ3v) is 4.79. The van der Waals surface area contributed by atoms with E-state index in [4.69, 9.17) is 11.6 Å². The standard InChI is InChI=1S/C19H15ClF3N3O/c20-13-3-1-12(2-4-13)16(11-24)25-7-9-26(10-8-25)19(27)14-5-6-15(21)18(23)17(14)22/h1-6,16H,7-10H2. The Kier molecular flexibility index (Phi) is 5.68. The van der Waals surface area contributed by atoms with Gasteiger partial charge in [-0.05, 0) is 29.8 Å². The third-order valence-electron chi connectivity index (χ3n) is 4.54. The molecule has 2 aromatic rings. The van der Waals surface area contributed by atoms with E-state index in [9.17, 15) is 23.2 Å². The lowest BCUT2D eigenvalue weighted by atomic mass is 10.1. The first-order valence-corrected chi connectivity index (χ1v) is 8.62. The van der Waals surface area contributed by atoms with Crippen molar-refractivity contribution in [3.8, 4) is 6.07 Å². The zero-order chi connectivity index (χ0) is 19.6. The molecule has 140 valence electrons. The van der Waals surface area contributed by atoms with Crippen LogP contribution in [0.15, 0.2) is 36.4 Å². The Balaban J connectivity index is 1.69. The molecule has 0 aliphatic carbocycles. The maximum atomic E-state index is 13.9. The molecule has 1 aliphatic rings. The van der Waals surface area contributed by atoms with Crippen LogP contribution in [0.4, 0.5) is 13.2 Å². The Bertz CT molecular complexity index is 890. The first-order valence-electron chi connectivity index (χ1n) is 8.24. The van der Waals surface area contributed by atoms with Crippen LogP contribution in [0.1, 0.15) is 22.0 Å². The van der Waals surface area contributed by atoms with Crippen molar-refractivity contribution >= 4 is 17.5 Å². The van der Waals surface area contributed by atoms with Gasteiger partial charge in [-0.1, -0.05) is 23.7 Å². The van der Waals surface area contributed by atoms with Crippen LogP contribution in [0.25, 0.3) is 0 Å². The second kappa shape index (κ2) is 7.99. The molecule has 0 spiro atoms. The van der Waals surface area contributed by atoms with Gasteiger partial charge in [-0.2, -0.15) is 5.26 Å². The highest BCUT2D eigenvalue weighted by Gasteiger charge is 2.29. The van der Waals surface area contributed by atoms with E-state index in [0.717, 1.165) is 17.7 Å². The van der Waals surface area contributed by atoms with E-state index >= 15 is 0 Å². The average Bonchev–Trinajstić information content (AvgIpc) is 2.68. The maximum Gasteiger partial charge on any atom is 0.257 e. The lowest BCUT2D eigenvalue weighted by Crippen LogP contribution is -2.49. The number of halogens is 4. The highest BCUT2D eigenvalue weighted by atomic mass is 35.5. The molecule has 4 nitrogen and oxygen atoms in total. The van der Waals surface area contributed by atoms with Crippen LogP contribution in [0.5, 0.6) is 0 Å². The van der Waals surface area contributed by atoms with Crippen LogP contribution in [0, 0.1) is 28.8 Å². The van der Waals surface area contributed by atoms with Crippen molar-refractivity contribution in [3.63, 3.8) is 0 Å². The van der Waals surface area contributed by atoms with Crippen LogP contribution in [-0.2, 0) is 0 Å². The molecule has 0 aromatic heterocycles. The quantitative estimate of drug-likeness (QED) is 0.746. The highest BCUT2D eigenvalue weighted by molar-refractivity contribution is 6.30. The minimum atomic E-state index is -1.66. The van der Waals surface area contributed by atoms with E-state index in [0.29, 0.717) is 18.1 Å². The second-order valence-electron chi connectivity index (χ2n) is 6.13. The van der Waals surface area contributed by atoms with E-state index in [-0.39, 0.29) is 13.1 Å². The Hall–Kier alpha value is -2.56. The number of piperazine rings is 1. The molecule has 8 heteroatoms. The Morgan fingerprint density at radius 1 is 1.00 bits per heavy atom. The van der Waals surface area contributed by atoms with E-state index in [1.165, 1.54) is 4.90 Å². The number of carbonyl (C=O) groups excluding carboxylic acids is 1. The number of benzene rings is 2. The molecule has 0 bridgehead atoms. The zero-order valence-electron chi connectivity index (χ0n) is 14.1. The predicted molar refractivity (Wildman–Crippen MR) is 93.6 cm³/mol. The van der Waals surface area contributed by atoms with Gasteiger partial charge < -0.3 is 4.90 Å². The normalized spacial score (nSPS) is 16.0. The molecule has 0 radical (unpaired) electrons. The average molecular weight is 394 g/mol. The van der Waals surface area contributed by atoms with Crippen molar-refractivity contribution < 1.29 is 18.0 Å². The number of nitrogens with zero attached hydrogens (tertiary/aromatic N) is 3. The summed E-state index contributed by atoms with van der Waals surface area (Å²) in [5.74, 6) is -5.19. The Labute approximate surface area is 159 Å². The van der Waals surface area contributed by atoms with Crippen LogP contribution < -0.4 is 0 Å². The minimum absolute atomic E-state index is 0.239. The summed E-state index contributed by atoms with van der Waals surface area (Å²) in [6.07, 6.45) is 0. The monoisotopic (exact) mass is 393 g/mol. The Morgan fingerprint density at radius 2 is 1.63 bits per heavy atom. The van der Waals surface area contributed by atoms with E-state index in [1.54, 1.807) is 24.3 Å². The van der Waals surface area contributed by atoms with E-state index < -0.39 is 35.0 Å². The fraction of sp³-hybridized carbons (Fsp3) is 0.263. The molecule has 1 heterocycles. The predicted octanol–water partition coefficient (Wildman–Crippen LogP) is 3.78. The first kappa shape index (κ1) is 19.2. The van der Waals surface area contributed by atoms with Crippen molar-refractivity contribution in [2.24, 2.45) is 0 Å². The zero-order valence-corrected chi connectivity index (χ0v) is 14.9. The SMILES string of the molecule is N#CC(c1ccc(Cl)cc1)N1CCN(C(=O)c2ccc(F)c(F)c2F)CC1. The first-order chi connectivity index (χ1) is 12.9. The van der Waals surface area contributed by atoms with Crippen molar-refractivity contribution in [2.45, 2.75) is 6.04 Å². The van der Waals surface area contributed by atoms with Gasteiger partial charge in [-0.25, -0.2) is 13.2 Å². The van der Waals surface area contributed by atoms with Gasteiger partial charge >= 0.3 is 0 Å². The van der Waals surface area contributed by atoms with E-state index in [1.807, 2.05) is 4.90 Å². The molecule has 1 atom stereocenters. The third kappa shape index (κ3) is 3.92. The molecule has 0 N–H and O–H groups in total. The smallest absolute Gasteiger partial charge is 0.257 e. The van der Waals surface area contributed by atoms with Gasteiger partial charge in [0.2, 0.25) is 0 Å². The minimum Gasteiger partial charge on any atom is -0.336 e. The van der Waals surface area contributed by atoms with Crippen LogP contribution in [-0.4, -0.2) is 41.9 Å². The fourth-order valence-electron chi connectivity index (χ4n) is 3.06. The van der Waals surface area contributed by atoms with Gasteiger partial charge in [-0.15, -0.1) is 0 Å². The summed E-state index contributed by atoms with van der Waals surface area (Å²) in [4.78, 5) is 15.7. The molecular weight excluding hydrogens is 379 g/mol. The Morgan fingerprint density at radius 3 is 2.22 bits per heavy atom. The second-order valence-corrected chi connectivity index (χ2v) is 6.57. The van der Waals surface area contributed by atoms with Crippen molar-refractivity contribution in [3.05, 3.63) is 70.0 Å². The lowest BCUT2D eigenvalue weighted by molar-refractivity contribution is 0.0600. The number of amides is 1. The molecule has 3 rings (SSSR count). The van der Waals surface area contributed by atoms with Crippen molar-refractivity contribution in [2.75, 3.05) is 26.2 Å². The summed E-state index contributed by atoms with van der Waals surface area (Å²) in [6.45, 7) is 1.25. The van der Waals surface area contributed by atoms with E-state index in [2.05, 4.69) is 6.07 Å². The maximum absolute atomic E-state index is 13.9. The summed E-state index contributed by atoms with van der Waals surface area (Å²) >= 11 is 5.87. The van der Waals surface area contributed by atoms with Gasteiger partial charge in [0.1, 0.15) is 6.04 Å². The lowest BCUT2D eigenvalue weighted by Gasteiger charge is -2.37. The largest absolute Gasteiger partial charge is 0.336 e. The molecule has 27 heavy (non-hydrogen) atoms. The van der Waals surface area contributed by atoms with Crippen LogP contribution in [0.2, 0.25) is 5.02 Å². The van der Waals surface area contributed by atoms with Gasteiger partial charge in [0.15, 0.2) is 17.5 Å². The highest BCUT2D eigenvalue weighted by Crippen LogP contribution is 2.24. The summed E-state index contributed by atoms with van der Waals surface area (Å²) in [5.41, 5.74) is 0.283. The van der Waals surface area contributed by atoms with Gasteiger partial charge in [0, 0.05) is 31.2 Å². The van der Waals surface area contributed by atoms with Crippen LogP contribution >= 0.6 is 11.6 Å². The molecule has 1 saturated heterocycles. The van der Waals surface area contributed by atoms with Crippen molar-refractivity contribution in [1.29, 1.82) is 5.26 Å². The molecule has 2 aromatic carbocycles. The molecular formula is C19H15ClF3N3O. The summed E-state index contributed by atoms with van der Waals surface area (Å²) in [5, 5.41) is 10.1. The van der Waals surface area contributed by atoms with Gasteiger partial charge in [0.25, 0.3) is 5.91 Å². The topological polar surface area (TPSA) is 47.3 Å². The number of hydrogen-bond donors (Lipinski definition) is 0. The van der Waals surface area contributed by atoms with Gasteiger partial charge in [0.05, 0.1) is 11.6 Å². The number of rotatable bonds is 3. The van der Waals surface area contributed by atoms with Crippen molar-refractivity contribution in [1.82, 2.24) is 9.80 Å². The molecule has 0 saturated carbocycles. The fourth-order valence-corrected chi connectivity index (χ4v) is 3.18. The van der Waals surface area contributed by atoms with Crippen LogP contribution in [0.3, 0.4) is 0 Å². The number of carbonyl (C=O) groups is 1. The van der Waals surface area contributed by atoms with Gasteiger partial charge in [-0.3, -0.25) is 9.69 Å². The number of nitriles is 1. The molecule has 1 aliphatic heterocycles. The summed E-state index contributed by atoms with van der Waals surface area (Å²) in [7, 11) is 0. The number of hydrogen-bond acceptors (Lipinski definition) is 3. The molecule has 1 fully saturated rings. The molecule has 1 amide bonds. The molecule has 1 unspecified atom stereocenters.